The number of nitrogens with zero attached hydrogens (tertiary/aromatic N) is 3. The van der Waals surface area contributed by atoms with E-state index in [4.69, 9.17) is 9.84 Å². The molecule has 2 aliphatic rings. The summed E-state index contributed by atoms with van der Waals surface area (Å²) in [6.45, 7) is 3.28. The van der Waals surface area contributed by atoms with Crippen LogP contribution >= 0.6 is 0 Å². The van der Waals surface area contributed by atoms with Gasteiger partial charge in [0.15, 0.2) is 0 Å². The highest BCUT2D eigenvalue weighted by Crippen LogP contribution is 2.23. The second-order valence-corrected chi connectivity index (χ2v) is 7.19. The molecule has 7 heteroatoms. The molecule has 1 atom stereocenters. The molecule has 7 nitrogen and oxygen atoms in total. The van der Waals surface area contributed by atoms with Gasteiger partial charge in [0.2, 0.25) is 0 Å². The molecule has 0 radical (unpaired) electrons. The standard InChI is InChI=1S/C12H17N5.C10H14O2/c1-2-4-9(5-3-1)17-12-10-6-15-16-7-11(10)13-8-14-12;1-2-12-10(8-11)9-6-4-3-5-7-9/h6,8-9,16H,1-5,7H2,(H,13,14,17);3-7,10-11H,2,8H2,1H3. The molecule has 3 N–H and O–H groups in total. The van der Waals surface area contributed by atoms with Gasteiger partial charge in [-0.2, -0.15) is 5.10 Å². The molecule has 2 heterocycles. The largest absolute Gasteiger partial charge is 0.393 e. The van der Waals surface area contributed by atoms with Crippen molar-refractivity contribution >= 4 is 12.0 Å². The van der Waals surface area contributed by atoms with Crippen LogP contribution in [0.15, 0.2) is 41.8 Å². The topological polar surface area (TPSA) is 91.7 Å². The van der Waals surface area contributed by atoms with E-state index in [1.807, 2.05) is 43.5 Å². The number of benzene rings is 1. The zero-order chi connectivity index (χ0) is 20.3. The minimum absolute atomic E-state index is 0.0395. The Balaban J connectivity index is 0.000000177. The quantitative estimate of drug-likeness (QED) is 0.692. The summed E-state index contributed by atoms with van der Waals surface area (Å²) in [5.41, 5.74) is 6.01. The van der Waals surface area contributed by atoms with Crippen molar-refractivity contribution in [2.75, 3.05) is 18.5 Å². The average Bonchev–Trinajstić information content (AvgIpc) is 2.79. The number of aromatic nitrogens is 2. The number of aliphatic hydroxyl groups is 1. The van der Waals surface area contributed by atoms with Crippen LogP contribution in [0.3, 0.4) is 0 Å². The van der Waals surface area contributed by atoms with Crippen LogP contribution in [0.5, 0.6) is 0 Å². The summed E-state index contributed by atoms with van der Waals surface area (Å²) in [6, 6.07) is 10.3. The van der Waals surface area contributed by atoms with Gasteiger partial charge in [-0.1, -0.05) is 49.6 Å². The summed E-state index contributed by atoms with van der Waals surface area (Å²) in [7, 11) is 0. The summed E-state index contributed by atoms with van der Waals surface area (Å²) >= 11 is 0. The molecular weight excluding hydrogens is 366 g/mol. The molecule has 1 unspecified atom stereocenters. The van der Waals surface area contributed by atoms with Crippen molar-refractivity contribution in [1.82, 2.24) is 15.4 Å². The first-order valence-corrected chi connectivity index (χ1v) is 10.5. The molecule has 1 fully saturated rings. The first kappa shape index (κ1) is 21.2. The van der Waals surface area contributed by atoms with E-state index in [1.54, 1.807) is 6.33 Å². The number of rotatable bonds is 6. The van der Waals surface area contributed by atoms with Gasteiger partial charge in [-0.15, -0.1) is 0 Å². The molecular formula is C22H31N5O2. The van der Waals surface area contributed by atoms with Gasteiger partial charge in [-0.05, 0) is 25.3 Å². The van der Waals surface area contributed by atoms with Crippen LogP contribution in [0.4, 0.5) is 5.82 Å². The van der Waals surface area contributed by atoms with Crippen molar-refractivity contribution < 1.29 is 9.84 Å². The van der Waals surface area contributed by atoms with Crippen LogP contribution in [0.25, 0.3) is 0 Å². The lowest BCUT2D eigenvalue weighted by Gasteiger charge is -2.24. The molecule has 4 rings (SSSR count). The molecule has 1 aliphatic heterocycles. The fourth-order valence-corrected chi connectivity index (χ4v) is 3.62. The Morgan fingerprint density at radius 3 is 2.69 bits per heavy atom. The maximum absolute atomic E-state index is 8.99. The highest BCUT2D eigenvalue weighted by atomic mass is 16.5. The van der Waals surface area contributed by atoms with Crippen molar-refractivity contribution in [3.05, 3.63) is 53.5 Å². The molecule has 1 aromatic carbocycles. The van der Waals surface area contributed by atoms with Crippen LogP contribution < -0.4 is 10.7 Å². The van der Waals surface area contributed by atoms with Gasteiger partial charge in [0.25, 0.3) is 0 Å². The maximum Gasteiger partial charge on any atom is 0.138 e. The van der Waals surface area contributed by atoms with E-state index in [-0.39, 0.29) is 12.7 Å². The first-order chi connectivity index (χ1) is 14.3. The number of fused-ring (bicyclic) bond motifs is 1. The van der Waals surface area contributed by atoms with Crippen LogP contribution in [0.2, 0.25) is 0 Å². The Kier molecular flexibility index (Phi) is 8.40. The first-order valence-electron chi connectivity index (χ1n) is 10.5. The van der Waals surface area contributed by atoms with Crippen LogP contribution in [0.1, 0.15) is 62.0 Å². The summed E-state index contributed by atoms with van der Waals surface area (Å²) in [5, 5.41) is 16.6. The third-order valence-electron chi connectivity index (χ3n) is 5.15. The summed E-state index contributed by atoms with van der Waals surface area (Å²) in [5.74, 6) is 0.937. The smallest absolute Gasteiger partial charge is 0.138 e. The van der Waals surface area contributed by atoms with E-state index in [9.17, 15) is 0 Å². The Hall–Kier alpha value is -2.51. The number of ether oxygens (including phenoxy) is 1. The maximum atomic E-state index is 8.99. The van der Waals surface area contributed by atoms with Gasteiger partial charge >= 0.3 is 0 Å². The highest BCUT2D eigenvalue weighted by molar-refractivity contribution is 5.88. The summed E-state index contributed by atoms with van der Waals surface area (Å²) in [4.78, 5) is 8.61. The Bertz CT molecular complexity index is 763. The lowest BCUT2D eigenvalue weighted by Crippen LogP contribution is -2.25. The van der Waals surface area contributed by atoms with Gasteiger partial charge < -0.3 is 20.6 Å². The van der Waals surface area contributed by atoms with E-state index >= 15 is 0 Å². The number of nitrogens with one attached hydrogen (secondary N) is 2. The monoisotopic (exact) mass is 397 g/mol. The lowest BCUT2D eigenvalue weighted by molar-refractivity contribution is 0.0189. The molecule has 0 saturated heterocycles. The minimum Gasteiger partial charge on any atom is -0.393 e. The van der Waals surface area contributed by atoms with Gasteiger partial charge in [-0.25, -0.2) is 9.97 Å². The fraction of sp³-hybridized carbons (Fsp3) is 0.500. The molecule has 156 valence electrons. The van der Waals surface area contributed by atoms with Crippen molar-refractivity contribution in [3.63, 3.8) is 0 Å². The van der Waals surface area contributed by atoms with E-state index < -0.39 is 0 Å². The zero-order valence-electron chi connectivity index (χ0n) is 17.1. The Morgan fingerprint density at radius 1 is 1.17 bits per heavy atom. The van der Waals surface area contributed by atoms with E-state index in [2.05, 4.69) is 25.8 Å². The number of hydrogen-bond acceptors (Lipinski definition) is 7. The molecule has 0 spiro atoms. The second-order valence-electron chi connectivity index (χ2n) is 7.19. The number of hydrazone groups is 1. The Morgan fingerprint density at radius 2 is 1.97 bits per heavy atom. The third-order valence-corrected chi connectivity index (χ3v) is 5.15. The van der Waals surface area contributed by atoms with Crippen molar-refractivity contribution in [1.29, 1.82) is 0 Å². The molecule has 1 aliphatic carbocycles. The molecule has 29 heavy (non-hydrogen) atoms. The fourth-order valence-electron chi connectivity index (χ4n) is 3.62. The lowest BCUT2D eigenvalue weighted by atomic mass is 9.95. The van der Waals surface area contributed by atoms with E-state index in [0.717, 1.165) is 22.6 Å². The van der Waals surface area contributed by atoms with Crippen molar-refractivity contribution in [3.8, 4) is 0 Å². The SMILES string of the molecule is C1=NNCc2ncnc(NC3CCCCC3)c21.CCOC(CO)c1ccccc1. The molecule has 0 bridgehead atoms. The van der Waals surface area contributed by atoms with Gasteiger partial charge in [0.1, 0.15) is 18.2 Å². The van der Waals surface area contributed by atoms with Crippen molar-refractivity contribution in [2.45, 2.75) is 57.7 Å². The van der Waals surface area contributed by atoms with Gasteiger partial charge in [0.05, 0.1) is 30.6 Å². The van der Waals surface area contributed by atoms with Crippen LogP contribution in [-0.4, -0.2) is 40.5 Å². The van der Waals surface area contributed by atoms with E-state index in [1.165, 1.54) is 32.1 Å². The molecule has 0 amide bonds. The highest BCUT2D eigenvalue weighted by Gasteiger charge is 2.17. The molecule has 2 aromatic rings. The average molecular weight is 398 g/mol. The predicted octanol–water partition coefficient (Wildman–Crippen LogP) is 3.41. The predicted molar refractivity (Wildman–Crippen MR) is 115 cm³/mol. The molecule has 1 aromatic heterocycles. The number of aliphatic hydroxyl groups excluding tert-OH is 1. The van der Waals surface area contributed by atoms with Crippen LogP contribution in [0, 0.1) is 0 Å². The minimum atomic E-state index is -0.170. The number of anilines is 1. The second kappa shape index (κ2) is 11.5. The van der Waals surface area contributed by atoms with Gasteiger partial charge in [0, 0.05) is 12.6 Å². The summed E-state index contributed by atoms with van der Waals surface area (Å²) < 4.78 is 5.33. The van der Waals surface area contributed by atoms with Gasteiger partial charge in [-0.3, -0.25) is 0 Å². The normalized spacial score (nSPS) is 16.8. The van der Waals surface area contributed by atoms with Crippen LogP contribution in [-0.2, 0) is 11.3 Å². The van der Waals surface area contributed by atoms with E-state index in [0.29, 0.717) is 19.2 Å². The third kappa shape index (κ3) is 6.24. The molecule has 1 saturated carbocycles. The Labute approximate surface area is 172 Å². The zero-order valence-corrected chi connectivity index (χ0v) is 17.1. The van der Waals surface area contributed by atoms with Crippen molar-refractivity contribution in [2.24, 2.45) is 5.10 Å². The summed E-state index contributed by atoms with van der Waals surface area (Å²) in [6.07, 6.45) is 9.76. The number of hydrogen-bond donors (Lipinski definition) is 3.